The van der Waals surface area contributed by atoms with Crippen molar-refractivity contribution in [1.82, 2.24) is 15.3 Å². The van der Waals surface area contributed by atoms with Gasteiger partial charge in [-0.15, -0.1) is 0 Å². The predicted octanol–water partition coefficient (Wildman–Crippen LogP) is 3.71. The number of carbonyl (C=O) groups excluding carboxylic acids is 1. The Labute approximate surface area is 157 Å². The quantitative estimate of drug-likeness (QED) is 0.668. The van der Waals surface area contributed by atoms with E-state index in [9.17, 15) is 4.79 Å². The van der Waals surface area contributed by atoms with Crippen molar-refractivity contribution < 1.29 is 4.79 Å². The van der Waals surface area contributed by atoms with Crippen LogP contribution in [0.3, 0.4) is 0 Å². The van der Waals surface area contributed by atoms with Gasteiger partial charge in [-0.3, -0.25) is 9.78 Å². The van der Waals surface area contributed by atoms with Crippen LogP contribution in [0.1, 0.15) is 21.6 Å². The molecule has 3 aromatic rings. The minimum Gasteiger partial charge on any atom is -0.380 e. The number of nitrogens with one attached hydrogen (secondary N) is 2. The zero-order chi connectivity index (χ0) is 18.2. The summed E-state index contributed by atoms with van der Waals surface area (Å²) >= 11 is 5.96. The van der Waals surface area contributed by atoms with E-state index < -0.39 is 0 Å². The maximum atomic E-state index is 12.2. The zero-order valence-electron chi connectivity index (χ0n) is 14.2. The third-order valence-electron chi connectivity index (χ3n) is 3.80. The van der Waals surface area contributed by atoms with Crippen molar-refractivity contribution in [2.45, 2.75) is 13.0 Å². The lowest BCUT2D eigenvalue weighted by atomic mass is 10.1. The Morgan fingerprint density at radius 3 is 2.65 bits per heavy atom. The molecule has 2 aromatic heterocycles. The van der Waals surface area contributed by atoms with Crippen LogP contribution in [0, 0.1) is 0 Å². The van der Waals surface area contributed by atoms with E-state index in [1.54, 1.807) is 18.5 Å². The molecule has 2 N–H and O–H groups in total. The SMILES string of the molecule is O=C(NCCc1cccc(Cl)c1)c1ccc(NCc2cccnc2)cn1. The molecule has 0 saturated heterocycles. The highest BCUT2D eigenvalue weighted by atomic mass is 35.5. The number of benzene rings is 1. The molecule has 3 rings (SSSR count). The number of halogens is 1. The molecule has 0 radical (unpaired) electrons. The molecule has 0 spiro atoms. The molecule has 0 aliphatic rings. The lowest BCUT2D eigenvalue weighted by Gasteiger charge is -2.08. The summed E-state index contributed by atoms with van der Waals surface area (Å²) < 4.78 is 0. The Bertz CT molecular complexity index is 853. The fraction of sp³-hybridized carbons (Fsp3) is 0.150. The van der Waals surface area contributed by atoms with E-state index in [-0.39, 0.29) is 5.91 Å². The average molecular weight is 367 g/mol. The number of aromatic nitrogens is 2. The third kappa shape index (κ3) is 5.29. The highest BCUT2D eigenvalue weighted by Crippen LogP contribution is 2.11. The number of amides is 1. The molecule has 0 unspecified atom stereocenters. The van der Waals surface area contributed by atoms with Crippen molar-refractivity contribution in [1.29, 1.82) is 0 Å². The highest BCUT2D eigenvalue weighted by molar-refractivity contribution is 6.30. The maximum absolute atomic E-state index is 12.2. The first-order valence-corrected chi connectivity index (χ1v) is 8.70. The standard InChI is InChI=1S/C20H19ClN4O/c21-17-5-1-3-15(11-17)8-10-23-20(26)19-7-6-18(14-25-19)24-13-16-4-2-9-22-12-16/h1-7,9,11-12,14,24H,8,10,13H2,(H,23,26). The number of nitrogens with zero attached hydrogens (tertiary/aromatic N) is 2. The van der Waals surface area contributed by atoms with E-state index in [2.05, 4.69) is 20.6 Å². The first-order chi connectivity index (χ1) is 12.7. The summed E-state index contributed by atoms with van der Waals surface area (Å²) in [5.41, 5.74) is 3.41. The Hall–Kier alpha value is -2.92. The van der Waals surface area contributed by atoms with Gasteiger partial charge >= 0.3 is 0 Å². The molecule has 1 amide bonds. The molecule has 5 nitrogen and oxygen atoms in total. The molecule has 26 heavy (non-hydrogen) atoms. The van der Waals surface area contributed by atoms with Crippen LogP contribution in [-0.4, -0.2) is 22.4 Å². The summed E-state index contributed by atoms with van der Waals surface area (Å²) in [5, 5.41) is 6.82. The zero-order valence-corrected chi connectivity index (χ0v) is 14.9. The van der Waals surface area contributed by atoms with Gasteiger partial charge in [0.15, 0.2) is 0 Å². The highest BCUT2D eigenvalue weighted by Gasteiger charge is 2.06. The molecule has 0 atom stereocenters. The minimum atomic E-state index is -0.189. The molecule has 2 heterocycles. The fourth-order valence-corrected chi connectivity index (χ4v) is 2.66. The first kappa shape index (κ1) is 17.9. The van der Waals surface area contributed by atoms with E-state index in [1.165, 1.54) is 0 Å². The maximum Gasteiger partial charge on any atom is 0.269 e. The summed E-state index contributed by atoms with van der Waals surface area (Å²) in [7, 11) is 0. The Kier molecular flexibility index (Phi) is 6.17. The van der Waals surface area contributed by atoms with Crippen LogP contribution < -0.4 is 10.6 Å². The van der Waals surface area contributed by atoms with Crippen LogP contribution in [-0.2, 0) is 13.0 Å². The van der Waals surface area contributed by atoms with Crippen molar-refractivity contribution in [3.63, 3.8) is 0 Å². The van der Waals surface area contributed by atoms with Crippen molar-refractivity contribution >= 4 is 23.2 Å². The molecule has 0 aliphatic carbocycles. The second-order valence-corrected chi connectivity index (χ2v) is 6.22. The van der Waals surface area contributed by atoms with Crippen LogP contribution in [0.25, 0.3) is 0 Å². The normalized spacial score (nSPS) is 10.3. The van der Waals surface area contributed by atoms with Gasteiger partial charge in [-0.1, -0.05) is 29.8 Å². The van der Waals surface area contributed by atoms with Crippen molar-refractivity contribution in [3.8, 4) is 0 Å². The van der Waals surface area contributed by atoms with Crippen LogP contribution in [0.2, 0.25) is 5.02 Å². The first-order valence-electron chi connectivity index (χ1n) is 8.32. The van der Waals surface area contributed by atoms with E-state index in [0.29, 0.717) is 23.8 Å². The van der Waals surface area contributed by atoms with E-state index in [1.807, 2.05) is 48.7 Å². The van der Waals surface area contributed by atoms with Gasteiger partial charge in [0.25, 0.3) is 5.91 Å². The van der Waals surface area contributed by atoms with Crippen LogP contribution in [0.4, 0.5) is 5.69 Å². The van der Waals surface area contributed by atoms with Crippen LogP contribution in [0.15, 0.2) is 67.1 Å². The molecule has 0 aliphatic heterocycles. The topological polar surface area (TPSA) is 66.9 Å². The number of pyridine rings is 2. The lowest BCUT2D eigenvalue weighted by Crippen LogP contribution is -2.26. The monoisotopic (exact) mass is 366 g/mol. The molecule has 0 saturated carbocycles. The summed E-state index contributed by atoms with van der Waals surface area (Å²) in [6.45, 7) is 1.18. The minimum absolute atomic E-state index is 0.189. The van der Waals surface area contributed by atoms with Crippen LogP contribution in [0.5, 0.6) is 0 Å². The second kappa shape index (κ2) is 8.97. The molecule has 132 valence electrons. The second-order valence-electron chi connectivity index (χ2n) is 5.78. The van der Waals surface area contributed by atoms with Gasteiger partial charge in [0, 0.05) is 30.5 Å². The van der Waals surface area contributed by atoms with E-state index in [0.717, 1.165) is 23.2 Å². The molecular formula is C20H19ClN4O. The van der Waals surface area contributed by atoms with Crippen molar-refractivity contribution in [2.24, 2.45) is 0 Å². The van der Waals surface area contributed by atoms with Crippen molar-refractivity contribution in [3.05, 3.63) is 89.0 Å². The van der Waals surface area contributed by atoms with Gasteiger partial charge in [-0.25, -0.2) is 4.98 Å². The van der Waals surface area contributed by atoms with E-state index >= 15 is 0 Å². The molecule has 6 heteroatoms. The summed E-state index contributed by atoms with van der Waals surface area (Å²) in [6.07, 6.45) is 5.92. The van der Waals surface area contributed by atoms with Gasteiger partial charge in [-0.05, 0) is 47.9 Å². The lowest BCUT2D eigenvalue weighted by molar-refractivity contribution is 0.0949. The van der Waals surface area contributed by atoms with Gasteiger partial charge in [0.2, 0.25) is 0 Å². The predicted molar refractivity (Wildman–Crippen MR) is 103 cm³/mol. The smallest absolute Gasteiger partial charge is 0.269 e. The molecular weight excluding hydrogens is 348 g/mol. The van der Waals surface area contributed by atoms with Gasteiger partial charge < -0.3 is 10.6 Å². The summed E-state index contributed by atoms with van der Waals surface area (Å²) in [4.78, 5) is 20.5. The molecule has 0 bridgehead atoms. The summed E-state index contributed by atoms with van der Waals surface area (Å²) in [6, 6.07) is 15.1. The van der Waals surface area contributed by atoms with Crippen molar-refractivity contribution in [2.75, 3.05) is 11.9 Å². The molecule has 0 fully saturated rings. The van der Waals surface area contributed by atoms with Gasteiger partial charge in [-0.2, -0.15) is 0 Å². The Morgan fingerprint density at radius 1 is 1.04 bits per heavy atom. The number of rotatable bonds is 7. The number of anilines is 1. The molecule has 1 aromatic carbocycles. The number of hydrogen-bond donors (Lipinski definition) is 2. The number of carbonyl (C=O) groups is 1. The van der Waals surface area contributed by atoms with E-state index in [4.69, 9.17) is 11.6 Å². The number of hydrogen-bond acceptors (Lipinski definition) is 4. The third-order valence-corrected chi connectivity index (χ3v) is 4.04. The summed E-state index contributed by atoms with van der Waals surface area (Å²) in [5.74, 6) is -0.189. The Balaban J connectivity index is 1.47. The average Bonchev–Trinajstić information content (AvgIpc) is 2.67. The Morgan fingerprint density at radius 2 is 1.92 bits per heavy atom. The van der Waals surface area contributed by atoms with Gasteiger partial charge in [0.1, 0.15) is 5.69 Å². The van der Waals surface area contributed by atoms with Gasteiger partial charge in [0.05, 0.1) is 11.9 Å². The largest absolute Gasteiger partial charge is 0.380 e. The fourth-order valence-electron chi connectivity index (χ4n) is 2.44. The van der Waals surface area contributed by atoms with Crippen LogP contribution >= 0.6 is 11.6 Å².